The minimum Gasteiger partial charge on any atom is -0.338 e. The highest BCUT2D eigenvalue weighted by Gasteiger charge is 2.09. The Bertz CT molecular complexity index is 619. The zero-order valence-corrected chi connectivity index (χ0v) is 14.2. The van der Waals surface area contributed by atoms with Crippen molar-refractivity contribution in [3.63, 3.8) is 0 Å². The summed E-state index contributed by atoms with van der Waals surface area (Å²) in [5, 5.41) is 6.59. The van der Waals surface area contributed by atoms with Crippen LogP contribution in [0.2, 0.25) is 0 Å². The fourth-order valence-electron chi connectivity index (χ4n) is 2.08. The number of thiazole rings is 1. The standard InChI is InChI=1S/C17H23N3OS/c1-4-9-18-17(21)19-11-16-20-13(3)15(22-16)10-14-7-5-12(2)6-8-14/h5-8H,4,9-11H2,1-3H3,(H2,18,19,21). The molecule has 0 saturated carbocycles. The zero-order valence-electron chi connectivity index (χ0n) is 13.4. The van der Waals surface area contributed by atoms with Crippen molar-refractivity contribution in [1.82, 2.24) is 15.6 Å². The van der Waals surface area contributed by atoms with Gasteiger partial charge in [0.15, 0.2) is 0 Å². The molecule has 2 amide bonds. The molecule has 0 unspecified atom stereocenters. The summed E-state index contributed by atoms with van der Waals surface area (Å²) >= 11 is 1.67. The number of hydrogen-bond donors (Lipinski definition) is 2. The Labute approximate surface area is 136 Å². The number of amides is 2. The summed E-state index contributed by atoms with van der Waals surface area (Å²) < 4.78 is 0. The molecule has 0 aliphatic heterocycles. The number of hydrogen-bond acceptors (Lipinski definition) is 3. The monoisotopic (exact) mass is 317 g/mol. The highest BCUT2D eigenvalue weighted by atomic mass is 32.1. The number of nitrogens with zero attached hydrogens (tertiary/aromatic N) is 1. The molecule has 2 aromatic rings. The number of urea groups is 1. The lowest BCUT2D eigenvalue weighted by Crippen LogP contribution is -2.35. The van der Waals surface area contributed by atoms with Crippen molar-refractivity contribution in [2.75, 3.05) is 6.54 Å². The molecular formula is C17H23N3OS. The third kappa shape index (κ3) is 4.84. The van der Waals surface area contributed by atoms with Crippen LogP contribution < -0.4 is 10.6 Å². The van der Waals surface area contributed by atoms with Crippen molar-refractivity contribution >= 4 is 17.4 Å². The van der Waals surface area contributed by atoms with Crippen LogP contribution in [0.3, 0.4) is 0 Å². The van der Waals surface area contributed by atoms with Crippen LogP contribution in [0.15, 0.2) is 24.3 Å². The minimum absolute atomic E-state index is 0.130. The molecule has 0 fully saturated rings. The van der Waals surface area contributed by atoms with Crippen molar-refractivity contribution in [3.05, 3.63) is 51.0 Å². The fourth-order valence-corrected chi connectivity index (χ4v) is 3.12. The molecule has 0 saturated heterocycles. The molecule has 0 aliphatic carbocycles. The van der Waals surface area contributed by atoms with Crippen LogP contribution in [0, 0.1) is 13.8 Å². The Morgan fingerprint density at radius 2 is 1.91 bits per heavy atom. The largest absolute Gasteiger partial charge is 0.338 e. The van der Waals surface area contributed by atoms with E-state index >= 15 is 0 Å². The average molecular weight is 317 g/mol. The van der Waals surface area contributed by atoms with Crippen LogP contribution in [0.25, 0.3) is 0 Å². The summed E-state index contributed by atoms with van der Waals surface area (Å²) in [6.45, 7) is 7.33. The van der Waals surface area contributed by atoms with Gasteiger partial charge in [-0.25, -0.2) is 9.78 Å². The van der Waals surface area contributed by atoms with Crippen molar-refractivity contribution in [2.45, 2.75) is 40.2 Å². The maximum atomic E-state index is 11.5. The summed E-state index contributed by atoms with van der Waals surface area (Å²) in [7, 11) is 0. The van der Waals surface area contributed by atoms with E-state index in [-0.39, 0.29) is 6.03 Å². The molecule has 1 heterocycles. The van der Waals surface area contributed by atoms with Gasteiger partial charge in [-0.1, -0.05) is 36.8 Å². The van der Waals surface area contributed by atoms with Crippen LogP contribution >= 0.6 is 11.3 Å². The topological polar surface area (TPSA) is 54.0 Å². The molecule has 0 spiro atoms. The van der Waals surface area contributed by atoms with E-state index in [2.05, 4.69) is 46.8 Å². The van der Waals surface area contributed by atoms with Crippen molar-refractivity contribution in [1.29, 1.82) is 0 Å². The molecule has 0 aliphatic rings. The van der Waals surface area contributed by atoms with E-state index in [0.29, 0.717) is 13.1 Å². The molecule has 0 bridgehead atoms. The van der Waals surface area contributed by atoms with Gasteiger partial charge in [-0.05, 0) is 25.8 Å². The second-order valence-electron chi connectivity index (χ2n) is 5.39. The molecule has 4 nitrogen and oxygen atoms in total. The summed E-state index contributed by atoms with van der Waals surface area (Å²) in [6, 6.07) is 8.45. The minimum atomic E-state index is -0.130. The number of carbonyl (C=O) groups excluding carboxylic acids is 1. The van der Waals surface area contributed by atoms with E-state index in [0.717, 1.165) is 23.5 Å². The Morgan fingerprint density at radius 3 is 2.59 bits per heavy atom. The smallest absolute Gasteiger partial charge is 0.315 e. The first-order chi connectivity index (χ1) is 10.6. The van der Waals surface area contributed by atoms with Crippen molar-refractivity contribution in [2.24, 2.45) is 0 Å². The van der Waals surface area contributed by atoms with Gasteiger partial charge in [-0.15, -0.1) is 11.3 Å². The molecule has 2 N–H and O–H groups in total. The number of benzene rings is 1. The predicted octanol–water partition coefficient (Wildman–Crippen LogP) is 3.56. The second kappa shape index (κ2) is 7.94. The van der Waals surface area contributed by atoms with Crippen LogP contribution in [-0.2, 0) is 13.0 Å². The Hall–Kier alpha value is -1.88. The molecule has 5 heteroatoms. The molecular weight excluding hydrogens is 294 g/mol. The third-order valence-corrected chi connectivity index (χ3v) is 4.52. The van der Waals surface area contributed by atoms with Gasteiger partial charge < -0.3 is 10.6 Å². The van der Waals surface area contributed by atoms with Gasteiger partial charge in [-0.2, -0.15) is 0 Å². The number of aryl methyl sites for hydroxylation is 2. The van der Waals surface area contributed by atoms with E-state index in [4.69, 9.17) is 0 Å². The molecule has 1 aromatic carbocycles. The van der Waals surface area contributed by atoms with Gasteiger partial charge in [0.05, 0.1) is 12.2 Å². The molecule has 0 radical (unpaired) electrons. The number of rotatable bonds is 6. The normalized spacial score (nSPS) is 10.5. The fraction of sp³-hybridized carbons (Fsp3) is 0.412. The first kappa shape index (κ1) is 16.5. The molecule has 2 rings (SSSR count). The highest BCUT2D eigenvalue weighted by molar-refractivity contribution is 7.11. The first-order valence-corrected chi connectivity index (χ1v) is 8.42. The van der Waals surface area contributed by atoms with Crippen LogP contribution in [0.4, 0.5) is 4.79 Å². The van der Waals surface area contributed by atoms with Crippen molar-refractivity contribution < 1.29 is 4.79 Å². The van der Waals surface area contributed by atoms with E-state index in [1.807, 2.05) is 13.8 Å². The third-order valence-electron chi connectivity index (χ3n) is 3.36. The van der Waals surface area contributed by atoms with E-state index in [9.17, 15) is 4.79 Å². The van der Waals surface area contributed by atoms with E-state index < -0.39 is 0 Å². The van der Waals surface area contributed by atoms with Gasteiger partial charge in [0, 0.05) is 17.8 Å². The Kier molecular flexibility index (Phi) is 5.95. The number of aromatic nitrogens is 1. The van der Waals surface area contributed by atoms with Gasteiger partial charge in [0.2, 0.25) is 0 Å². The van der Waals surface area contributed by atoms with Gasteiger partial charge in [-0.3, -0.25) is 0 Å². The highest BCUT2D eigenvalue weighted by Crippen LogP contribution is 2.21. The van der Waals surface area contributed by atoms with Crippen LogP contribution in [0.1, 0.15) is 40.1 Å². The predicted molar refractivity (Wildman–Crippen MR) is 91.4 cm³/mol. The van der Waals surface area contributed by atoms with Gasteiger partial charge in [0.25, 0.3) is 0 Å². The van der Waals surface area contributed by atoms with Crippen molar-refractivity contribution in [3.8, 4) is 0 Å². The quantitative estimate of drug-likeness (QED) is 0.856. The number of nitrogens with one attached hydrogen (secondary N) is 2. The second-order valence-corrected chi connectivity index (χ2v) is 6.56. The molecule has 118 valence electrons. The summed E-state index contributed by atoms with van der Waals surface area (Å²) in [5.74, 6) is 0. The van der Waals surface area contributed by atoms with Crippen LogP contribution in [-0.4, -0.2) is 17.6 Å². The lowest BCUT2D eigenvalue weighted by Gasteiger charge is -2.04. The maximum Gasteiger partial charge on any atom is 0.315 e. The Balaban J connectivity index is 1.93. The van der Waals surface area contributed by atoms with E-state index in [1.54, 1.807) is 11.3 Å². The maximum absolute atomic E-state index is 11.5. The SMILES string of the molecule is CCCNC(=O)NCc1nc(C)c(Cc2ccc(C)cc2)s1. The lowest BCUT2D eigenvalue weighted by molar-refractivity contribution is 0.240. The van der Waals surface area contributed by atoms with Gasteiger partial charge >= 0.3 is 6.03 Å². The van der Waals surface area contributed by atoms with Gasteiger partial charge in [0.1, 0.15) is 5.01 Å². The molecule has 0 atom stereocenters. The van der Waals surface area contributed by atoms with Crippen LogP contribution in [0.5, 0.6) is 0 Å². The molecule has 22 heavy (non-hydrogen) atoms. The van der Waals surface area contributed by atoms with E-state index in [1.165, 1.54) is 16.0 Å². The Morgan fingerprint density at radius 1 is 1.18 bits per heavy atom. The molecule has 1 aromatic heterocycles. The lowest BCUT2D eigenvalue weighted by atomic mass is 10.1. The summed E-state index contributed by atoms with van der Waals surface area (Å²) in [4.78, 5) is 17.4. The number of carbonyl (C=O) groups is 1. The average Bonchev–Trinajstić information content (AvgIpc) is 2.85. The summed E-state index contributed by atoms with van der Waals surface area (Å²) in [5.41, 5.74) is 3.61. The zero-order chi connectivity index (χ0) is 15.9. The first-order valence-electron chi connectivity index (χ1n) is 7.61. The summed E-state index contributed by atoms with van der Waals surface area (Å²) in [6.07, 6.45) is 1.83.